The molecule has 0 fully saturated rings. The molecule has 1 N–H and O–H groups in total. The van der Waals surface area contributed by atoms with Crippen LogP contribution in [0.1, 0.15) is 24.2 Å². The average molecular weight is 198 g/mol. The molecule has 0 spiro atoms. The number of carbonyl (C=O) groups excluding carboxylic acids is 1. The molecule has 0 saturated heterocycles. The van der Waals surface area contributed by atoms with E-state index in [1.165, 1.54) is 6.07 Å². The minimum atomic E-state index is -0.655. The molecule has 4 heteroatoms. The Morgan fingerprint density at radius 1 is 1.50 bits per heavy atom. The van der Waals surface area contributed by atoms with Gasteiger partial charge in [-0.2, -0.15) is 0 Å². The van der Waals surface area contributed by atoms with Crippen LogP contribution in [0.2, 0.25) is 0 Å². The fourth-order valence-electron chi connectivity index (χ4n) is 0.955. The first-order valence-corrected chi connectivity index (χ1v) is 4.20. The highest BCUT2D eigenvalue weighted by Gasteiger charge is 2.14. The number of hydrogen-bond acceptors (Lipinski definition) is 3. The molecular weight excluding hydrogens is 187 g/mol. The number of benzene rings is 1. The van der Waals surface area contributed by atoms with Crippen LogP contribution in [0.15, 0.2) is 18.2 Å². The Kier molecular flexibility index (Phi) is 3.06. The monoisotopic (exact) mass is 198 g/mol. The van der Waals surface area contributed by atoms with Crippen LogP contribution in [0, 0.1) is 5.82 Å². The Balaban J connectivity index is 2.90. The quantitative estimate of drug-likeness (QED) is 0.740. The smallest absolute Gasteiger partial charge is 0.342 e. The van der Waals surface area contributed by atoms with Crippen molar-refractivity contribution in [3.63, 3.8) is 0 Å². The Labute approximate surface area is 81.1 Å². The summed E-state index contributed by atoms with van der Waals surface area (Å²) in [6, 6.07) is 3.16. The summed E-state index contributed by atoms with van der Waals surface area (Å²) >= 11 is 0. The minimum Gasteiger partial charge on any atom is -0.507 e. The van der Waals surface area contributed by atoms with Gasteiger partial charge in [-0.1, -0.05) is 0 Å². The van der Waals surface area contributed by atoms with E-state index in [0.717, 1.165) is 12.1 Å². The summed E-state index contributed by atoms with van der Waals surface area (Å²) in [6.07, 6.45) is -0.271. The Hall–Kier alpha value is -1.58. The zero-order valence-corrected chi connectivity index (χ0v) is 7.95. The van der Waals surface area contributed by atoms with Gasteiger partial charge in [0.25, 0.3) is 0 Å². The van der Waals surface area contributed by atoms with Crippen molar-refractivity contribution in [2.75, 3.05) is 0 Å². The van der Waals surface area contributed by atoms with Crippen molar-refractivity contribution in [2.45, 2.75) is 20.0 Å². The van der Waals surface area contributed by atoms with Gasteiger partial charge in [0.05, 0.1) is 6.10 Å². The Bertz CT molecular complexity index is 347. The molecule has 1 rings (SSSR count). The fraction of sp³-hybridized carbons (Fsp3) is 0.300. The van der Waals surface area contributed by atoms with Gasteiger partial charge < -0.3 is 9.84 Å². The molecule has 14 heavy (non-hydrogen) atoms. The third-order valence-corrected chi connectivity index (χ3v) is 1.52. The normalized spacial score (nSPS) is 10.3. The van der Waals surface area contributed by atoms with E-state index in [2.05, 4.69) is 0 Å². The lowest BCUT2D eigenvalue weighted by molar-refractivity contribution is 0.0374. The van der Waals surface area contributed by atoms with Crippen LogP contribution < -0.4 is 0 Å². The second-order valence-corrected chi connectivity index (χ2v) is 3.12. The first-order chi connectivity index (χ1) is 6.50. The first-order valence-electron chi connectivity index (χ1n) is 4.20. The van der Waals surface area contributed by atoms with Crippen LogP contribution in [0.4, 0.5) is 4.39 Å². The molecule has 0 aliphatic carbocycles. The van der Waals surface area contributed by atoms with Crippen molar-refractivity contribution in [1.29, 1.82) is 0 Å². The van der Waals surface area contributed by atoms with Gasteiger partial charge in [0, 0.05) is 6.07 Å². The summed E-state index contributed by atoms with van der Waals surface area (Å²) in [5.41, 5.74) is -0.0277. The van der Waals surface area contributed by atoms with E-state index in [4.69, 9.17) is 4.74 Å². The summed E-state index contributed by atoms with van der Waals surface area (Å²) in [6.45, 7) is 3.39. The Morgan fingerprint density at radius 3 is 2.64 bits per heavy atom. The predicted molar refractivity (Wildman–Crippen MR) is 48.6 cm³/mol. The van der Waals surface area contributed by atoms with Gasteiger partial charge in [-0.3, -0.25) is 0 Å². The fourth-order valence-corrected chi connectivity index (χ4v) is 0.955. The van der Waals surface area contributed by atoms with Crippen molar-refractivity contribution in [3.8, 4) is 5.75 Å². The van der Waals surface area contributed by atoms with Crippen molar-refractivity contribution in [3.05, 3.63) is 29.6 Å². The molecule has 0 heterocycles. The topological polar surface area (TPSA) is 46.5 Å². The molecule has 0 unspecified atom stereocenters. The lowest BCUT2D eigenvalue weighted by Gasteiger charge is -2.08. The second kappa shape index (κ2) is 4.09. The summed E-state index contributed by atoms with van der Waals surface area (Å²) in [5.74, 6) is -1.66. The van der Waals surface area contributed by atoms with Crippen molar-refractivity contribution >= 4 is 5.97 Å². The molecule has 0 saturated carbocycles. The number of carbonyl (C=O) groups is 1. The van der Waals surface area contributed by atoms with Crippen molar-refractivity contribution < 1.29 is 19.0 Å². The third kappa shape index (κ3) is 2.45. The molecule has 0 bridgehead atoms. The van der Waals surface area contributed by atoms with Gasteiger partial charge >= 0.3 is 5.97 Å². The van der Waals surface area contributed by atoms with E-state index in [1.807, 2.05) is 0 Å². The highest BCUT2D eigenvalue weighted by Crippen LogP contribution is 2.19. The first kappa shape index (κ1) is 10.5. The van der Waals surface area contributed by atoms with E-state index >= 15 is 0 Å². The van der Waals surface area contributed by atoms with Crippen LogP contribution >= 0.6 is 0 Å². The summed E-state index contributed by atoms with van der Waals surface area (Å²) in [5, 5.41) is 9.23. The SMILES string of the molecule is CC(C)OC(=O)c1ccc(F)cc1O. The van der Waals surface area contributed by atoms with Gasteiger partial charge in [0.1, 0.15) is 17.1 Å². The van der Waals surface area contributed by atoms with E-state index < -0.39 is 17.5 Å². The number of ether oxygens (including phenoxy) is 1. The molecule has 0 aromatic heterocycles. The zero-order chi connectivity index (χ0) is 10.7. The van der Waals surface area contributed by atoms with Gasteiger partial charge in [-0.05, 0) is 26.0 Å². The van der Waals surface area contributed by atoms with E-state index in [0.29, 0.717) is 0 Å². The molecule has 1 aromatic rings. The largest absolute Gasteiger partial charge is 0.507 e. The number of phenolic OH excluding ortho intramolecular Hbond substituents is 1. The van der Waals surface area contributed by atoms with Crippen molar-refractivity contribution in [1.82, 2.24) is 0 Å². The number of rotatable bonds is 2. The van der Waals surface area contributed by atoms with Gasteiger partial charge in [0.2, 0.25) is 0 Å². The molecule has 0 radical (unpaired) electrons. The minimum absolute atomic E-state index is 0.0277. The summed E-state index contributed by atoms with van der Waals surface area (Å²) < 4.78 is 17.4. The summed E-state index contributed by atoms with van der Waals surface area (Å²) in [4.78, 5) is 11.3. The van der Waals surface area contributed by atoms with E-state index in [-0.39, 0.29) is 11.7 Å². The van der Waals surface area contributed by atoms with Crippen LogP contribution in [0.25, 0.3) is 0 Å². The maximum absolute atomic E-state index is 12.6. The number of phenols is 1. The molecule has 0 atom stereocenters. The molecule has 3 nitrogen and oxygen atoms in total. The van der Waals surface area contributed by atoms with Crippen LogP contribution in [-0.2, 0) is 4.74 Å². The van der Waals surface area contributed by atoms with Gasteiger partial charge in [0.15, 0.2) is 0 Å². The molecule has 0 amide bonds. The average Bonchev–Trinajstić information content (AvgIpc) is 2.01. The molecule has 76 valence electrons. The highest BCUT2D eigenvalue weighted by molar-refractivity contribution is 5.92. The molecular formula is C10H11FO3. The maximum atomic E-state index is 12.6. The molecule has 0 aliphatic heterocycles. The molecule has 1 aromatic carbocycles. The van der Waals surface area contributed by atoms with E-state index in [9.17, 15) is 14.3 Å². The summed E-state index contributed by atoms with van der Waals surface area (Å²) in [7, 11) is 0. The highest BCUT2D eigenvalue weighted by atomic mass is 19.1. The number of halogens is 1. The number of aromatic hydroxyl groups is 1. The zero-order valence-electron chi connectivity index (χ0n) is 7.95. The van der Waals surface area contributed by atoms with Gasteiger partial charge in [-0.25, -0.2) is 9.18 Å². The van der Waals surface area contributed by atoms with Crippen molar-refractivity contribution in [2.24, 2.45) is 0 Å². The number of esters is 1. The van der Waals surface area contributed by atoms with Crippen LogP contribution in [0.5, 0.6) is 5.75 Å². The maximum Gasteiger partial charge on any atom is 0.342 e. The van der Waals surface area contributed by atoms with Crippen LogP contribution in [0.3, 0.4) is 0 Å². The van der Waals surface area contributed by atoms with Crippen LogP contribution in [-0.4, -0.2) is 17.2 Å². The standard InChI is InChI=1S/C10H11FO3/c1-6(2)14-10(13)8-4-3-7(11)5-9(8)12/h3-6,12H,1-2H3. The predicted octanol–water partition coefficient (Wildman–Crippen LogP) is 2.10. The lowest BCUT2D eigenvalue weighted by atomic mass is 10.2. The third-order valence-electron chi connectivity index (χ3n) is 1.52. The second-order valence-electron chi connectivity index (χ2n) is 3.12. The lowest BCUT2D eigenvalue weighted by Crippen LogP contribution is -2.11. The van der Waals surface area contributed by atoms with E-state index in [1.54, 1.807) is 13.8 Å². The number of hydrogen-bond donors (Lipinski definition) is 1. The van der Waals surface area contributed by atoms with Gasteiger partial charge in [-0.15, -0.1) is 0 Å². The Morgan fingerprint density at radius 2 is 2.14 bits per heavy atom. The molecule has 0 aliphatic rings.